The minimum Gasteiger partial charge on any atom is -0.489 e. The summed E-state index contributed by atoms with van der Waals surface area (Å²) in [5.74, 6) is 0.391. The van der Waals surface area contributed by atoms with Crippen molar-refractivity contribution in [3.63, 3.8) is 0 Å². The fourth-order valence-electron chi connectivity index (χ4n) is 1.61. The second kappa shape index (κ2) is 6.50. The van der Waals surface area contributed by atoms with Gasteiger partial charge in [-0.05, 0) is 42.0 Å². The maximum Gasteiger partial charge on any atom is 0.129 e. The van der Waals surface area contributed by atoms with E-state index in [2.05, 4.69) is 31.9 Å². The molecule has 2 aromatic rings. The lowest BCUT2D eigenvalue weighted by Gasteiger charge is -2.09. The second-order valence-corrected chi connectivity index (χ2v) is 5.75. The quantitative estimate of drug-likeness (QED) is 0.842. The Kier molecular flexibility index (Phi) is 4.96. The van der Waals surface area contributed by atoms with E-state index in [0.717, 1.165) is 14.5 Å². The van der Waals surface area contributed by atoms with Crippen molar-refractivity contribution >= 4 is 31.9 Å². The third-order valence-corrected chi connectivity index (χ3v) is 3.91. The van der Waals surface area contributed by atoms with Gasteiger partial charge in [0, 0.05) is 21.1 Å². The Balaban J connectivity index is 2.12. The smallest absolute Gasteiger partial charge is 0.129 e. The van der Waals surface area contributed by atoms with E-state index < -0.39 is 0 Å². The van der Waals surface area contributed by atoms with Crippen LogP contribution < -0.4 is 10.5 Å². The summed E-state index contributed by atoms with van der Waals surface area (Å²) < 4.78 is 20.9. The van der Waals surface area contributed by atoms with Crippen LogP contribution in [0.25, 0.3) is 0 Å². The van der Waals surface area contributed by atoms with Crippen molar-refractivity contribution in [2.24, 2.45) is 5.73 Å². The first kappa shape index (κ1) is 14.5. The Morgan fingerprint density at radius 1 is 1.05 bits per heavy atom. The van der Waals surface area contributed by atoms with Gasteiger partial charge in [-0.1, -0.05) is 31.9 Å². The lowest BCUT2D eigenvalue weighted by atomic mass is 10.2. The minimum absolute atomic E-state index is 0.177. The number of rotatable bonds is 4. The Labute approximate surface area is 128 Å². The molecule has 0 fully saturated rings. The van der Waals surface area contributed by atoms with E-state index in [-0.39, 0.29) is 12.4 Å². The fourth-order valence-corrected chi connectivity index (χ4v) is 2.43. The summed E-state index contributed by atoms with van der Waals surface area (Å²) >= 11 is 6.72. The molecule has 2 nitrogen and oxygen atoms in total. The van der Waals surface area contributed by atoms with Crippen LogP contribution in [0.5, 0.6) is 5.75 Å². The van der Waals surface area contributed by atoms with Crippen LogP contribution in [0.4, 0.5) is 4.39 Å². The average Bonchev–Trinajstić information content (AvgIpc) is 2.41. The zero-order valence-electron chi connectivity index (χ0n) is 10.00. The lowest BCUT2D eigenvalue weighted by Crippen LogP contribution is -2.01. The van der Waals surface area contributed by atoms with Crippen LogP contribution in [0.1, 0.15) is 11.1 Å². The van der Waals surface area contributed by atoms with Gasteiger partial charge in [0.25, 0.3) is 0 Å². The summed E-state index contributed by atoms with van der Waals surface area (Å²) in [5.41, 5.74) is 7.08. The minimum atomic E-state index is -0.278. The molecule has 0 bridgehead atoms. The molecule has 0 aliphatic rings. The molecule has 0 aliphatic heterocycles. The van der Waals surface area contributed by atoms with Crippen molar-refractivity contribution in [2.45, 2.75) is 13.2 Å². The normalized spacial score (nSPS) is 10.5. The molecule has 2 rings (SSSR count). The lowest BCUT2D eigenvalue weighted by molar-refractivity contribution is 0.299. The molecule has 2 N–H and O–H groups in total. The Bertz CT molecular complexity index is 590. The zero-order chi connectivity index (χ0) is 13.8. The average molecular weight is 389 g/mol. The molecule has 19 heavy (non-hydrogen) atoms. The van der Waals surface area contributed by atoms with Crippen LogP contribution >= 0.6 is 31.9 Å². The van der Waals surface area contributed by atoms with Gasteiger partial charge in [-0.15, -0.1) is 0 Å². The van der Waals surface area contributed by atoms with E-state index in [1.54, 1.807) is 12.1 Å². The van der Waals surface area contributed by atoms with Crippen molar-refractivity contribution in [3.05, 3.63) is 62.3 Å². The van der Waals surface area contributed by atoms with Gasteiger partial charge >= 0.3 is 0 Å². The molecule has 0 saturated heterocycles. The molecule has 0 atom stereocenters. The van der Waals surface area contributed by atoms with E-state index >= 15 is 0 Å². The Hall–Kier alpha value is -0.910. The van der Waals surface area contributed by atoms with E-state index in [0.29, 0.717) is 17.9 Å². The van der Waals surface area contributed by atoms with Crippen molar-refractivity contribution in [3.8, 4) is 5.75 Å². The monoisotopic (exact) mass is 387 g/mol. The maximum atomic E-state index is 13.6. The molecule has 0 aromatic heterocycles. The molecule has 2 aromatic carbocycles. The van der Waals surface area contributed by atoms with Gasteiger partial charge in [-0.3, -0.25) is 0 Å². The molecule has 100 valence electrons. The molecule has 5 heteroatoms. The van der Waals surface area contributed by atoms with Gasteiger partial charge < -0.3 is 10.5 Å². The second-order valence-electron chi connectivity index (χ2n) is 3.98. The van der Waals surface area contributed by atoms with Crippen LogP contribution in [-0.4, -0.2) is 0 Å². The van der Waals surface area contributed by atoms with Crippen molar-refractivity contribution in [2.75, 3.05) is 0 Å². The molecule has 0 spiro atoms. The summed E-state index contributed by atoms with van der Waals surface area (Å²) in [5, 5.41) is 0. The molecule has 0 heterocycles. The van der Waals surface area contributed by atoms with Gasteiger partial charge in [-0.2, -0.15) is 0 Å². The van der Waals surface area contributed by atoms with Gasteiger partial charge in [0.2, 0.25) is 0 Å². The number of ether oxygens (including phenoxy) is 1. The molecule has 0 aliphatic carbocycles. The van der Waals surface area contributed by atoms with E-state index in [1.807, 2.05) is 18.2 Å². The predicted molar refractivity (Wildman–Crippen MR) is 80.5 cm³/mol. The highest BCUT2D eigenvalue weighted by Gasteiger charge is 2.05. The molecule has 0 saturated carbocycles. The van der Waals surface area contributed by atoms with Crippen molar-refractivity contribution in [1.29, 1.82) is 0 Å². The highest BCUT2D eigenvalue weighted by Crippen LogP contribution is 2.23. The highest BCUT2D eigenvalue weighted by molar-refractivity contribution is 9.10. The van der Waals surface area contributed by atoms with Crippen LogP contribution in [-0.2, 0) is 13.2 Å². The van der Waals surface area contributed by atoms with Crippen molar-refractivity contribution in [1.82, 2.24) is 0 Å². The zero-order valence-corrected chi connectivity index (χ0v) is 13.2. The van der Waals surface area contributed by atoms with E-state index in [9.17, 15) is 4.39 Å². The van der Waals surface area contributed by atoms with Gasteiger partial charge in [0.1, 0.15) is 18.2 Å². The number of hydrogen-bond donors (Lipinski definition) is 1. The summed E-state index contributed by atoms with van der Waals surface area (Å²) in [6.07, 6.45) is 0. The summed E-state index contributed by atoms with van der Waals surface area (Å²) in [6, 6.07) is 10.3. The molecule has 0 amide bonds. The topological polar surface area (TPSA) is 35.2 Å². The SMILES string of the molecule is NCc1cc(OCc2cc(Br)ccc2F)ccc1Br. The largest absolute Gasteiger partial charge is 0.489 e. The first-order chi connectivity index (χ1) is 9.10. The standard InChI is InChI=1S/C14H12Br2FNO/c15-11-1-4-14(17)10(5-11)8-19-12-2-3-13(16)9(6-12)7-18/h1-6H,7-8,18H2. The molecular formula is C14H12Br2FNO. The maximum absolute atomic E-state index is 13.6. The summed E-state index contributed by atoms with van der Waals surface area (Å²) in [4.78, 5) is 0. The Morgan fingerprint density at radius 3 is 2.58 bits per heavy atom. The number of hydrogen-bond acceptors (Lipinski definition) is 2. The molecule has 0 radical (unpaired) electrons. The number of halogens is 3. The third-order valence-electron chi connectivity index (χ3n) is 2.64. The predicted octanol–water partition coefficient (Wildman–Crippen LogP) is 4.39. The van der Waals surface area contributed by atoms with Gasteiger partial charge in [0.15, 0.2) is 0 Å². The number of nitrogens with two attached hydrogens (primary N) is 1. The van der Waals surface area contributed by atoms with Crippen LogP contribution in [0, 0.1) is 5.82 Å². The first-order valence-corrected chi connectivity index (χ1v) is 7.24. The van der Waals surface area contributed by atoms with Gasteiger partial charge in [-0.25, -0.2) is 4.39 Å². The highest BCUT2D eigenvalue weighted by atomic mass is 79.9. The number of benzene rings is 2. The summed E-state index contributed by atoms with van der Waals surface area (Å²) in [6.45, 7) is 0.597. The summed E-state index contributed by atoms with van der Waals surface area (Å²) in [7, 11) is 0. The van der Waals surface area contributed by atoms with E-state index in [1.165, 1.54) is 6.07 Å². The molecule has 0 unspecified atom stereocenters. The van der Waals surface area contributed by atoms with Crippen molar-refractivity contribution < 1.29 is 9.13 Å². The third kappa shape index (κ3) is 3.78. The Morgan fingerprint density at radius 2 is 1.84 bits per heavy atom. The van der Waals surface area contributed by atoms with Crippen LogP contribution in [0.2, 0.25) is 0 Å². The van der Waals surface area contributed by atoms with Crippen LogP contribution in [0.15, 0.2) is 45.3 Å². The first-order valence-electron chi connectivity index (χ1n) is 5.65. The molecular weight excluding hydrogens is 377 g/mol. The van der Waals surface area contributed by atoms with Gasteiger partial charge in [0.05, 0.1) is 0 Å². The van der Waals surface area contributed by atoms with Crippen LogP contribution in [0.3, 0.4) is 0 Å². The fraction of sp³-hybridized carbons (Fsp3) is 0.143. The van der Waals surface area contributed by atoms with E-state index in [4.69, 9.17) is 10.5 Å².